The summed E-state index contributed by atoms with van der Waals surface area (Å²) in [5.41, 5.74) is 3.79. The zero-order valence-corrected chi connectivity index (χ0v) is 13.6. The molecule has 0 fully saturated rings. The van der Waals surface area contributed by atoms with Crippen LogP contribution in [0.1, 0.15) is 22.6 Å². The highest BCUT2D eigenvalue weighted by atomic mass is 32.1. The van der Waals surface area contributed by atoms with Gasteiger partial charge >= 0.3 is 0 Å². The van der Waals surface area contributed by atoms with Gasteiger partial charge in [0.2, 0.25) is 0 Å². The standard InChI is InChI=1S/C16H17N5OS/c1-10-13(18-9-17-10)8-21-5-4-12-11(7-21)16(22)20-15(19-12)14-3-2-6-23-14/h2-3,6,9H,4-5,7-8H2,1H3,(H,17,18)(H,19,20,22). The highest BCUT2D eigenvalue weighted by molar-refractivity contribution is 7.13. The van der Waals surface area contributed by atoms with Crippen molar-refractivity contribution in [2.45, 2.75) is 26.4 Å². The lowest BCUT2D eigenvalue weighted by atomic mass is 10.1. The van der Waals surface area contributed by atoms with E-state index in [1.54, 1.807) is 17.7 Å². The Bertz CT molecular complexity index is 880. The summed E-state index contributed by atoms with van der Waals surface area (Å²) in [7, 11) is 0. The van der Waals surface area contributed by atoms with Crippen molar-refractivity contribution < 1.29 is 0 Å². The molecular formula is C16H17N5OS. The number of hydrogen-bond donors (Lipinski definition) is 2. The van der Waals surface area contributed by atoms with Gasteiger partial charge in [0.1, 0.15) is 0 Å². The molecule has 3 aromatic heterocycles. The Hall–Kier alpha value is -2.25. The summed E-state index contributed by atoms with van der Waals surface area (Å²) in [6, 6.07) is 3.94. The Kier molecular flexibility index (Phi) is 3.59. The van der Waals surface area contributed by atoms with Crippen molar-refractivity contribution in [2.24, 2.45) is 0 Å². The second-order valence-corrected chi connectivity index (χ2v) is 6.70. The van der Waals surface area contributed by atoms with Gasteiger partial charge in [-0.15, -0.1) is 11.3 Å². The van der Waals surface area contributed by atoms with E-state index >= 15 is 0 Å². The van der Waals surface area contributed by atoms with E-state index in [-0.39, 0.29) is 5.56 Å². The molecule has 0 unspecified atom stereocenters. The van der Waals surface area contributed by atoms with Crippen molar-refractivity contribution in [3.8, 4) is 10.7 Å². The molecule has 6 nitrogen and oxygen atoms in total. The van der Waals surface area contributed by atoms with E-state index in [1.165, 1.54) is 0 Å². The lowest BCUT2D eigenvalue weighted by Crippen LogP contribution is -2.35. The minimum Gasteiger partial charge on any atom is -0.348 e. The topological polar surface area (TPSA) is 77.7 Å². The van der Waals surface area contributed by atoms with E-state index in [2.05, 4.69) is 24.8 Å². The summed E-state index contributed by atoms with van der Waals surface area (Å²) in [5.74, 6) is 0.681. The number of rotatable bonds is 3. The van der Waals surface area contributed by atoms with E-state index in [1.807, 2.05) is 24.4 Å². The minimum atomic E-state index is -0.0261. The Morgan fingerprint density at radius 1 is 1.43 bits per heavy atom. The lowest BCUT2D eigenvalue weighted by Gasteiger charge is -2.27. The maximum atomic E-state index is 12.5. The van der Waals surface area contributed by atoms with E-state index in [9.17, 15) is 4.79 Å². The number of aryl methyl sites for hydroxylation is 1. The van der Waals surface area contributed by atoms with Gasteiger partial charge in [-0.3, -0.25) is 9.69 Å². The van der Waals surface area contributed by atoms with Crippen LogP contribution in [0.2, 0.25) is 0 Å². The van der Waals surface area contributed by atoms with E-state index in [0.717, 1.165) is 47.0 Å². The van der Waals surface area contributed by atoms with Crippen LogP contribution in [0, 0.1) is 6.92 Å². The Labute approximate surface area is 137 Å². The van der Waals surface area contributed by atoms with Crippen molar-refractivity contribution in [1.82, 2.24) is 24.8 Å². The fraction of sp³-hybridized carbons (Fsp3) is 0.312. The second-order valence-electron chi connectivity index (χ2n) is 5.75. The van der Waals surface area contributed by atoms with Crippen molar-refractivity contribution in [1.29, 1.82) is 0 Å². The number of thiophene rings is 1. The molecule has 0 spiro atoms. The number of aromatic nitrogens is 4. The average molecular weight is 327 g/mol. The molecule has 23 heavy (non-hydrogen) atoms. The van der Waals surface area contributed by atoms with E-state index in [0.29, 0.717) is 12.4 Å². The Morgan fingerprint density at radius 3 is 3.09 bits per heavy atom. The highest BCUT2D eigenvalue weighted by Crippen LogP contribution is 2.23. The third-order valence-electron chi connectivity index (χ3n) is 4.21. The van der Waals surface area contributed by atoms with Gasteiger partial charge in [0.15, 0.2) is 5.82 Å². The van der Waals surface area contributed by atoms with Gasteiger partial charge in [-0.1, -0.05) is 6.07 Å². The number of nitrogens with zero attached hydrogens (tertiary/aromatic N) is 3. The van der Waals surface area contributed by atoms with Crippen molar-refractivity contribution >= 4 is 11.3 Å². The minimum absolute atomic E-state index is 0.0261. The molecule has 1 aliphatic rings. The van der Waals surface area contributed by atoms with Gasteiger partial charge in [-0.2, -0.15) is 0 Å². The number of fused-ring (bicyclic) bond motifs is 1. The summed E-state index contributed by atoms with van der Waals surface area (Å²) >= 11 is 1.59. The fourth-order valence-electron chi connectivity index (χ4n) is 2.90. The molecule has 0 radical (unpaired) electrons. The van der Waals surface area contributed by atoms with Gasteiger partial charge in [-0.25, -0.2) is 9.97 Å². The molecule has 4 rings (SSSR count). The molecule has 4 heterocycles. The number of H-pyrrole nitrogens is 2. The summed E-state index contributed by atoms with van der Waals surface area (Å²) in [4.78, 5) is 30.7. The van der Waals surface area contributed by atoms with Crippen molar-refractivity contribution in [3.05, 3.63) is 56.8 Å². The number of hydrogen-bond acceptors (Lipinski definition) is 5. The molecule has 0 saturated carbocycles. The largest absolute Gasteiger partial charge is 0.348 e. The predicted octanol–water partition coefficient (Wildman–Crippen LogP) is 2.09. The average Bonchev–Trinajstić information content (AvgIpc) is 3.20. The van der Waals surface area contributed by atoms with Gasteiger partial charge in [-0.05, 0) is 18.4 Å². The molecule has 0 amide bonds. The van der Waals surface area contributed by atoms with Crippen LogP contribution in [-0.4, -0.2) is 31.4 Å². The third kappa shape index (κ3) is 2.73. The molecule has 0 bridgehead atoms. The summed E-state index contributed by atoms with van der Waals surface area (Å²) in [6.45, 7) is 4.27. The molecule has 1 aliphatic heterocycles. The first-order chi connectivity index (χ1) is 11.2. The number of nitrogens with one attached hydrogen (secondary N) is 2. The van der Waals surface area contributed by atoms with Gasteiger partial charge < -0.3 is 9.97 Å². The molecule has 0 saturated heterocycles. The molecule has 118 valence electrons. The normalized spacial score (nSPS) is 14.8. The highest BCUT2D eigenvalue weighted by Gasteiger charge is 2.22. The third-order valence-corrected chi connectivity index (χ3v) is 5.09. The Morgan fingerprint density at radius 2 is 2.35 bits per heavy atom. The maximum absolute atomic E-state index is 12.5. The van der Waals surface area contributed by atoms with Crippen molar-refractivity contribution in [3.63, 3.8) is 0 Å². The zero-order chi connectivity index (χ0) is 15.8. The molecule has 0 aromatic carbocycles. The summed E-state index contributed by atoms with van der Waals surface area (Å²) < 4.78 is 0. The molecule has 7 heteroatoms. The zero-order valence-electron chi connectivity index (χ0n) is 12.8. The first-order valence-corrected chi connectivity index (χ1v) is 8.46. The van der Waals surface area contributed by atoms with Crippen LogP contribution in [0.5, 0.6) is 0 Å². The van der Waals surface area contributed by atoms with Crippen LogP contribution < -0.4 is 5.56 Å². The molecule has 3 aromatic rings. The van der Waals surface area contributed by atoms with E-state index < -0.39 is 0 Å². The Balaban J connectivity index is 1.60. The summed E-state index contributed by atoms with van der Waals surface area (Å²) in [5, 5.41) is 1.99. The van der Waals surface area contributed by atoms with Crippen LogP contribution in [0.15, 0.2) is 28.6 Å². The van der Waals surface area contributed by atoms with Crippen LogP contribution in [0.25, 0.3) is 10.7 Å². The van der Waals surface area contributed by atoms with Gasteiger partial charge in [0.05, 0.1) is 28.2 Å². The monoisotopic (exact) mass is 327 g/mol. The quantitative estimate of drug-likeness (QED) is 0.772. The fourth-order valence-corrected chi connectivity index (χ4v) is 3.57. The van der Waals surface area contributed by atoms with Crippen LogP contribution in [0.3, 0.4) is 0 Å². The molecule has 2 N–H and O–H groups in total. The number of aromatic amines is 2. The first-order valence-electron chi connectivity index (χ1n) is 7.58. The predicted molar refractivity (Wildman–Crippen MR) is 89.3 cm³/mol. The molecular weight excluding hydrogens is 310 g/mol. The van der Waals surface area contributed by atoms with Gasteiger partial charge in [0, 0.05) is 31.7 Å². The smallest absolute Gasteiger partial charge is 0.255 e. The molecule has 0 atom stereocenters. The maximum Gasteiger partial charge on any atom is 0.255 e. The van der Waals surface area contributed by atoms with Crippen molar-refractivity contribution in [2.75, 3.05) is 6.54 Å². The number of imidazole rings is 1. The first kappa shape index (κ1) is 14.3. The second kappa shape index (κ2) is 5.75. The van der Waals surface area contributed by atoms with Crippen LogP contribution in [-0.2, 0) is 19.5 Å². The van der Waals surface area contributed by atoms with Crippen LogP contribution in [0.4, 0.5) is 0 Å². The SMILES string of the molecule is Cc1[nH]cnc1CN1CCc2nc(-c3cccs3)[nH]c(=O)c2C1. The van der Waals surface area contributed by atoms with Crippen LogP contribution >= 0.6 is 11.3 Å². The van der Waals surface area contributed by atoms with Gasteiger partial charge in [0.25, 0.3) is 5.56 Å². The molecule has 0 aliphatic carbocycles. The van der Waals surface area contributed by atoms with E-state index in [4.69, 9.17) is 0 Å². The summed E-state index contributed by atoms with van der Waals surface area (Å²) in [6.07, 6.45) is 2.51. The lowest BCUT2D eigenvalue weighted by molar-refractivity contribution is 0.239.